The molecule has 112 valence electrons. The smallest absolute Gasteiger partial charge is 0.323 e. The van der Waals surface area contributed by atoms with Crippen LogP contribution in [-0.4, -0.2) is 33.8 Å². The molecule has 1 aliphatic heterocycles. The van der Waals surface area contributed by atoms with E-state index in [2.05, 4.69) is 4.98 Å². The molecule has 2 aromatic rings. The van der Waals surface area contributed by atoms with Crippen LogP contribution in [0.4, 0.5) is 0 Å². The van der Waals surface area contributed by atoms with E-state index >= 15 is 0 Å². The van der Waals surface area contributed by atoms with Crippen LogP contribution < -0.4 is 9.47 Å². The van der Waals surface area contributed by atoms with Crippen molar-refractivity contribution in [1.82, 2.24) is 9.55 Å². The fourth-order valence-electron chi connectivity index (χ4n) is 2.56. The molecule has 3 rings (SSSR count). The van der Waals surface area contributed by atoms with E-state index < -0.39 is 5.97 Å². The Kier molecular flexibility index (Phi) is 3.68. The number of carboxylic acids is 1. The van der Waals surface area contributed by atoms with Crippen molar-refractivity contribution >= 4 is 17.0 Å². The van der Waals surface area contributed by atoms with E-state index in [1.165, 1.54) is 0 Å². The average molecular weight is 290 g/mol. The lowest BCUT2D eigenvalue weighted by molar-refractivity contribution is -0.137. The number of hydrogen-bond acceptors (Lipinski definition) is 4. The van der Waals surface area contributed by atoms with Crippen molar-refractivity contribution in [2.75, 3.05) is 13.2 Å². The molecule has 2 heterocycles. The second-order valence-electron chi connectivity index (χ2n) is 5.10. The van der Waals surface area contributed by atoms with Gasteiger partial charge in [-0.1, -0.05) is 6.92 Å². The van der Waals surface area contributed by atoms with Crippen molar-refractivity contribution in [3.63, 3.8) is 0 Å². The van der Waals surface area contributed by atoms with E-state index in [1.54, 1.807) is 4.57 Å². The van der Waals surface area contributed by atoms with Gasteiger partial charge in [-0.15, -0.1) is 0 Å². The Morgan fingerprint density at radius 3 is 2.71 bits per heavy atom. The fourth-order valence-corrected chi connectivity index (χ4v) is 2.56. The molecule has 21 heavy (non-hydrogen) atoms. The van der Waals surface area contributed by atoms with E-state index in [-0.39, 0.29) is 6.54 Å². The van der Waals surface area contributed by atoms with Gasteiger partial charge in [-0.2, -0.15) is 0 Å². The quantitative estimate of drug-likeness (QED) is 0.934. The molecule has 1 aliphatic rings. The van der Waals surface area contributed by atoms with Crippen molar-refractivity contribution in [2.24, 2.45) is 0 Å². The summed E-state index contributed by atoms with van der Waals surface area (Å²) in [7, 11) is 0. The molecule has 0 radical (unpaired) electrons. The first-order valence-electron chi connectivity index (χ1n) is 7.19. The first-order valence-corrected chi connectivity index (χ1v) is 7.19. The van der Waals surface area contributed by atoms with Crippen LogP contribution in [0.1, 0.15) is 25.6 Å². The normalized spacial score (nSPS) is 14.1. The molecule has 1 aromatic carbocycles. The standard InChI is InChI=1S/C15H18N2O4/c1-2-4-14-16-10-7-12-13(21-6-3-5-20-12)8-11(10)17(14)9-15(18)19/h7-8H,2-6,9H2,1H3,(H,18,19). The third-order valence-corrected chi connectivity index (χ3v) is 3.46. The van der Waals surface area contributed by atoms with Crippen LogP contribution in [0.25, 0.3) is 11.0 Å². The number of carbonyl (C=O) groups is 1. The van der Waals surface area contributed by atoms with Crippen molar-refractivity contribution in [2.45, 2.75) is 32.7 Å². The van der Waals surface area contributed by atoms with Crippen LogP contribution in [-0.2, 0) is 17.8 Å². The molecule has 1 N–H and O–H groups in total. The summed E-state index contributed by atoms with van der Waals surface area (Å²) >= 11 is 0. The number of hydrogen-bond donors (Lipinski definition) is 1. The van der Waals surface area contributed by atoms with Gasteiger partial charge in [0, 0.05) is 25.0 Å². The second kappa shape index (κ2) is 5.63. The summed E-state index contributed by atoms with van der Waals surface area (Å²) in [5, 5.41) is 9.12. The zero-order valence-corrected chi connectivity index (χ0v) is 12.0. The largest absolute Gasteiger partial charge is 0.489 e. The molecule has 6 nitrogen and oxygen atoms in total. The summed E-state index contributed by atoms with van der Waals surface area (Å²) in [5.41, 5.74) is 1.54. The van der Waals surface area contributed by atoms with Gasteiger partial charge in [0.15, 0.2) is 11.5 Å². The van der Waals surface area contributed by atoms with Gasteiger partial charge in [-0.05, 0) is 6.42 Å². The van der Waals surface area contributed by atoms with Gasteiger partial charge in [0.05, 0.1) is 24.2 Å². The molecule has 0 bridgehead atoms. The Hall–Kier alpha value is -2.24. The highest BCUT2D eigenvalue weighted by Crippen LogP contribution is 2.34. The summed E-state index contributed by atoms with van der Waals surface area (Å²) in [4.78, 5) is 15.7. The predicted octanol–water partition coefficient (Wildman–Crippen LogP) is 2.23. The first kappa shape index (κ1) is 13.7. The molecular formula is C15H18N2O4. The highest BCUT2D eigenvalue weighted by Gasteiger charge is 2.18. The highest BCUT2D eigenvalue weighted by molar-refractivity contribution is 5.82. The van der Waals surface area contributed by atoms with Crippen molar-refractivity contribution in [3.8, 4) is 11.5 Å². The summed E-state index contributed by atoms with van der Waals surface area (Å²) in [6, 6.07) is 3.68. The zero-order valence-electron chi connectivity index (χ0n) is 12.0. The maximum atomic E-state index is 11.1. The van der Waals surface area contributed by atoms with E-state index in [0.717, 1.165) is 36.1 Å². The third kappa shape index (κ3) is 2.66. The van der Waals surface area contributed by atoms with Gasteiger partial charge in [-0.3, -0.25) is 4.79 Å². The number of imidazole rings is 1. The molecule has 0 aliphatic carbocycles. The molecule has 1 aromatic heterocycles. The van der Waals surface area contributed by atoms with Gasteiger partial charge in [-0.25, -0.2) is 4.98 Å². The van der Waals surface area contributed by atoms with E-state index in [9.17, 15) is 4.79 Å². The topological polar surface area (TPSA) is 73.6 Å². The van der Waals surface area contributed by atoms with Gasteiger partial charge >= 0.3 is 5.97 Å². The van der Waals surface area contributed by atoms with E-state index in [1.807, 2.05) is 19.1 Å². The lowest BCUT2D eigenvalue weighted by Crippen LogP contribution is -2.11. The molecule has 0 amide bonds. The third-order valence-electron chi connectivity index (χ3n) is 3.46. The van der Waals surface area contributed by atoms with Crippen LogP contribution in [0.5, 0.6) is 11.5 Å². The van der Waals surface area contributed by atoms with Crippen LogP contribution in [0, 0.1) is 0 Å². The predicted molar refractivity (Wildman–Crippen MR) is 77.0 cm³/mol. The second-order valence-corrected chi connectivity index (χ2v) is 5.10. The number of nitrogens with zero attached hydrogens (tertiary/aromatic N) is 2. The Morgan fingerprint density at radius 1 is 1.33 bits per heavy atom. The Morgan fingerprint density at radius 2 is 2.05 bits per heavy atom. The molecule has 6 heteroatoms. The zero-order chi connectivity index (χ0) is 14.8. The number of fused-ring (bicyclic) bond motifs is 2. The van der Waals surface area contributed by atoms with E-state index in [4.69, 9.17) is 14.6 Å². The summed E-state index contributed by atoms with van der Waals surface area (Å²) in [5.74, 6) is 1.26. The lowest BCUT2D eigenvalue weighted by atomic mass is 10.2. The molecule has 0 saturated heterocycles. The molecule has 0 fully saturated rings. The molecule has 0 atom stereocenters. The van der Waals surface area contributed by atoms with Gasteiger partial charge in [0.2, 0.25) is 0 Å². The summed E-state index contributed by atoms with van der Waals surface area (Å²) < 4.78 is 13.1. The summed E-state index contributed by atoms with van der Waals surface area (Å²) in [6.45, 7) is 3.18. The fraction of sp³-hybridized carbons (Fsp3) is 0.467. The monoisotopic (exact) mass is 290 g/mol. The van der Waals surface area contributed by atoms with Gasteiger partial charge in [0.25, 0.3) is 0 Å². The SMILES string of the molecule is CCCc1nc2cc3c(cc2n1CC(=O)O)OCCCO3. The molecular weight excluding hydrogens is 272 g/mol. The van der Waals surface area contributed by atoms with Crippen LogP contribution in [0.2, 0.25) is 0 Å². The highest BCUT2D eigenvalue weighted by atomic mass is 16.5. The first-order chi connectivity index (χ1) is 10.2. The maximum absolute atomic E-state index is 11.1. The average Bonchev–Trinajstić information content (AvgIpc) is 2.62. The van der Waals surface area contributed by atoms with Crippen LogP contribution >= 0.6 is 0 Å². The minimum absolute atomic E-state index is 0.0918. The lowest BCUT2D eigenvalue weighted by Gasteiger charge is -2.09. The Labute approximate surface area is 122 Å². The number of rotatable bonds is 4. The number of benzene rings is 1. The van der Waals surface area contributed by atoms with Crippen molar-refractivity contribution in [3.05, 3.63) is 18.0 Å². The Bertz CT molecular complexity index is 678. The number of aryl methyl sites for hydroxylation is 1. The van der Waals surface area contributed by atoms with E-state index in [0.29, 0.717) is 24.7 Å². The molecule has 0 unspecified atom stereocenters. The van der Waals surface area contributed by atoms with Crippen molar-refractivity contribution < 1.29 is 19.4 Å². The van der Waals surface area contributed by atoms with Crippen LogP contribution in [0.3, 0.4) is 0 Å². The van der Waals surface area contributed by atoms with Gasteiger partial charge < -0.3 is 19.1 Å². The Balaban J connectivity index is 2.14. The number of aliphatic carboxylic acids is 1. The number of aromatic nitrogens is 2. The molecule has 0 spiro atoms. The number of ether oxygens (including phenoxy) is 2. The summed E-state index contributed by atoms with van der Waals surface area (Å²) in [6.07, 6.45) is 2.49. The van der Waals surface area contributed by atoms with Crippen LogP contribution in [0.15, 0.2) is 12.1 Å². The van der Waals surface area contributed by atoms with Crippen molar-refractivity contribution in [1.29, 1.82) is 0 Å². The molecule has 0 saturated carbocycles. The number of carboxylic acid groups (broad SMARTS) is 1. The minimum Gasteiger partial charge on any atom is -0.489 e. The minimum atomic E-state index is -0.876. The van der Waals surface area contributed by atoms with Gasteiger partial charge in [0.1, 0.15) is 12.4 Å². The maximum Gasteiger partial charge on any atom is 0.323 e.